The van der Waals surface area contributed by atoms with E-state index in [4.69, 9.17) is 9.15 Å². The molecule has 3 aromatic rings. The second-order valence-corrected chi connectivity index (χ2v) is 9.78. The van der Waals surface area contributed by atoms with E-state index >= 15 is 0 Å². The fourth-order valence-corrected chi connectivity index (χ4v) is 7.04. The van der Waals surface area contributed by atoms with Crippen LogP contribution in [0.25, 0.3) is 22.3 Å². The Kier molecular flexibility index (Phi) is 3.83. The van der Waals surface area contributed by atoms with E-state index in [-0.39, 0.29) is 11.0 Å². The molecule has 1 heterocycles. The Hall–Kier alpha value is -2.75. The summed E-state index contributed by atoms with van der Waals surface area (Å²) in [5.41, 5.74) is 3.57. The third kappa shape index (κ3) is 2.69. The maximum atomic E-state index is 11.4. The lowest BCUT2D eigenvalue weighted by Crippen LogP contribution is -2.48. The van der Waals surface area contributed by atoms with Crippen LogP contribution in [0.4, 0.5) is 0 Å². The van der Waals surface area contributed by atoms with Crippen molar-refractivity contribution in [2.24, 2.45) is 17.8 Å². The highest BCUT2D eigenvalue weighted by Gasteiger charge is 2.52. The zero-order valence-corrected chi connectivity index (χ0v) is 17.2. The fourth-order valence-electron chi connectivity index (χ4n) is 7.04. The van der Waals surface area contributed by atoms with Crippen LogP contribution >= 0.6 is 0 Å². The molecular weight excluding hydrogens is 376 g/mol. The minimum Gasteiger partial charge on any atom is -0.497 e. The van der Waals surface area contributed by atoms with Crippen molar-refractivity contribution in [1.29, 1.82) is 0 Å². The number of carboxylic acids is 1. The molecule has 0 amide bonds. The van der Waals surface area contributed by atoms with E-state index in [0.29, 0.717) is 5.58 Å². The summed E-state index contributed by atoms with van der Waals surface area (Å²) in [6.45, 7) is 0. The predicted octanol–water partition coefficient (Wildman–Crippen LogP) is 6.27. The van der Waals surface area contributed by atoms with E-state index in [9.17, 15) is 9.90 Å². The molecule has 4 bridgehead atoms. The maximum absolute atomic E-state index is 11.4. The topological polar surface area (TPSA) is 59.7 Å². The van der Waals surface area contributed by atoms with Gasteiger partial charge in [0.25, 0.3) is 0 Å². The zero-order valence-electron chi connectivity index (χ0n) is 17.2. The predicted molar refractivity (Wildman–Crippen MR) is 115 cm³/mol. The molecule has 4 aliphatic rings. The van der Waals surface area contributed by atoms with Crippen molar-refractivity contribution < 1.29 is 19.1 Å². The summed E-state index contributed by atoms with van der Waals surface area (Å²) < 4.78 is 11.8. The molecule has 0 aliphatic heterocycles. The molecule has 4 heteroatoms. The Labute approximate surface area is 175 Å². The minimum absolute atomic E-state index is 0.212. The van der Waals surface area contributed by atoms with Crippen LogP contribution in [0.5, 0.6) is 5.75 Å². The summed E-state index contributed by atoms with van der Waals surface area (Å²) in [7, 11) is 1.73. The second-order valence-electron chi connectivity index (χ2n) is 9.78. The van der Waals surface area contributed by atoms with Crippen LogP contribution in [-0.4, -0.2) is 18.2 Å². The number of furan rings is 1. The molecule has 2 aromatic carbocycles. The van der Waals surface area contributed by atoms with E-state index in [0.717, 1.165) is 40.2 Å². The van der Waals surface area contributed by atoms with Crippen molar-refractivity contribution in [3.05, 3.63) is 53.6 Å². The normalized spacial score (nSPS) is 29.4. The van der Waals surface area contributed by atoms with Crippen LogP contribution in [-0.2, 0) is 5.41 Å². The standard InChI is InChI=1S/C26H26O4/c1-29-20-4-5-21(24-9-18-2-3-19(25(27)28)10-23(18)30-24)22(11-20)26-12-15-6-16(13-26)8-17(7-15)14-26/h2-5,9-11,15-17H,6-8,12-14H2,1H3,(H,27,28). The van der Waals surface area contributed by atoms with Gasteiger partial charge < -0.3 is 14.3 Å². The van der Waals surface area contributed by atoms with Gasteiger partial charge in [-0.1, -0.05) is 6.07 Å². The number of benzene rings is 2. The highest BCUT2D eigenvalue weighted by molar-refractivity contribution is 5.94. The SMILES string of the molecule is COc1ccc(-c2cc3ccc(C(=O)O)cc3o2)c(C23CC4CC(CC(C4)C2)C3)c1. The first kappa shape index (κ1) is 18.1. The smallest absolute Gasteiger partial charge is 0.335 e. The lowest BCUT2D eigenvalue weighted by atomic mass is 9.47. The Morgan fingerprint density at radius 2 is 1.70 bits per heavy atom. The molecule has 30 heavy (non-hydrogen) atoms. The molecule has 0 spiro atoms. The average molecular weight is 402 g/mol. The van der Waals surface area contributed by atoms with Crippen molar-refractivity contribution in [1.82, 2.24) is 0 Å². The van der Waals surface area contributed by atoms with Crippen molar-refractivity contribution in [2.75, 3.05) is 7.11 Å². The van der Waals surface area contributed by atoms with E-state index in [1.807, 2.05) is 18.2 Å². The molecule has 4 aliphatic carbocycles. The molecule has 4 nitrogen and oxygen atoms in total. The Morgan fingerprint density at radius 3 is 2.33 bits per heavy atom. The Bertz CT molecular complexity index is 1120. The van der Waals surface area contributed by atoms with Crippen molar-refractivity contribution in [2.45, 2.75) is 43.9 Å². The molecule has 4 saturated carbocycles. The van der Waals surface area contributed by atoms with Gasteiger partial charge in [-0.25, -0.2) is 4.79 Å². The van der Waals surface area contributed by atoms with E-state index in [1.165, 1.54) is 44.1 Å². The number of hydrogen-bond donors (Lipinski definition) is 1. The average Bonchev–Trinajstić information content (AvgIpc) is 3.15. The number of carbonyl (C=O) groups is 1. The largest absolute Gasteiger partial charge is 0.497 e. The molecule has 0 unspecified atom stereocenters. The molecule has 1 N–H and O–H groups in total. The van der Waals surface area contributed by atoms with Gasteiger partial charge in [0.1, 0.15) is 17.1 Å². The van der Waals surface area contributed by atoms with Gasteiger partial charge in [-0.05, 0) is 104 Å². The summed E-state index contributed by atoms with van der Waals surface area (Å²) in [5, 5.41) is 10.2. The summed E-state index contributed by atoms with van der Waals surface area (Å²) in [6, 6.07) is 13.5. The van der Waals surface area contributed by atoms with Gasteiger partial charge in [-0.2, -0.15) is 0 Å². The van der Waals surface area contributed by atoms with E-state index in [2.05, 4.69) is 12.1 Å². The lowest BCUT2D eigenvalue weighted by Gasteiger charge is -2.57. The lowest BCUT2D eigenvalue weighted by molar-refractivity contribution is -0.00505. The van der Waals surface area contributed by atoms with E-state index in [1.54, 1.807) is 19.2 Å². The second kappa shape index (κ2) is 6.37. The van der Waals surface area contributed by atoms with Gasteiger partial charge in [0, 0.05) is 10.9 Å². The molecule has 4 fully saturated rings. The zero-order chi connectivity index (χ0) is 20.5. The fraction of sp³-hybridized carbons (Fsp3) is 0.423. The van der Waals surface area contributed by atoms with Crippen molar-refractivity contribution in [3.63, 3.8) is 0 Å². The van der Waals surface area contributed by atoms with Gasteiger partial charge in [0.05, 0.1) is 12.7 Å². The molecule has 154 valence electrons. The number of methoxy groups -OCH3 is 1. The summed E-state index contributed by atoms with van der Waals surface area (Å²) >= 11 is 0. The van der Waals surface area contributed by atoms with Crippen LogP contribution in [0.1, 0.15) is 54.4 Å². The van der Waals surface area contributed by atoms with Gasteiger partial charge in [0.2, 0.25) is 0 Å². The molecular formula is C26H26O4. The van der Waals surface area contributed by atoms with Crippen molar-refractivity contribution in [3.8, 4) is 17.1 Å². The summed E-state index contributed by atoms with van der Waals surface area (Å²) in [5.74, 6) is 3.33. The monoisotopic (exact) mass is 402 g/mol. The van der Waals surface area contributed by atoms with Crippen LogP contribution in [0.3, 0.4) is 0 Å². The van der Waals surface area contributed by atoms with Crippen LogP contribution in [0, 0.1) is 17.8 Å². The molecule has 0 radical (unpaired) electrons. The highest BCUT2D eigenvalue weighted by atomic mass is 16.5. The first-order chi connectivity index (χ1) is 14.5. The third-order valence-electron chi connectivity index (χ3n) is 7.87. The Balaban J connectivity index is 1.50. The van der Waals surface area contributed by atoms with Gasteiger partial charge in [-0.3, -0.25) is 0 Å². The molecule has 7 rings (SSSR count). The highest BCUT2D eigenvalue weighted by Crippen LogP contribution is 2.62. The summed E-state index contributed by atoms with van der Waals surface area (Å²) in [4.78, 5) is 11.4. The Morgan fingerprint density at radius 1 is 1.00 bits per heavy atom. The van der Waals surface area contributed by atoms with E-state index < -0.39 is 5.97 Å². The van der Waals surface area contributed by atoms with Crippen LogP contribution < -0.4 is 4.74 Å². The number of hydrogen-bond acceptors (Lipinski definition) is 3. The number of rotatable bonds is 4. The van der Waals surface area contributed by atoms with Crippen LogP contribution in [0.2, 0.25) is 0 Å². The number of carboxylic acid groups (broad SMARTS) is 1. The van der Waals surface area contributed by atoms with Gasteiger partial charge >= 0.3 is 5.97 Å². The van der Waals surface area contributed by atoms with Crippen LogP contribution in [0.15, 0.2) is 46.9 Å². The number of fused-ring (bicyclic) bond motifs is 1. The minimum atomic E-state index is -0.937. The molecule has 1 aromatic heterocycles. The van der Waals surface area contributed by atoms with Crippen molar-refractivity contribution >= 4 is 16.9 Å². The number of ether oxygens (including phenoxy) is 1. The quantitative estimate of drug-likeness (QED) is 0.558. The third-order valence-corrected chi connectivity index (χ3v) is 7.87. The van der Waals surface area contributed by atoms with Gasteiger partial charge in [-0.15, -0.1) is 0 Å². The summed E-state index contributed by atoms with van der Waals surface area (Å²) in [6.07, 6.45) is 8.01. The maximum Gasteiger partial charge on any atom is 0.335 e. The molecule has 0 saturated heterocycles. The first-order valence-corrected chi connectivity index (χ1v) is 11.0. The van der Waals surface area contributed by atoms with Gasteiger partial charge in [0.15, 0.2) is 0 Å². The molecule has 0 atom stereocenters. The first-order valence-electron chi connectivity index (χ1n) is 11.0. The number of aromatic carboxylic acids is 1.